The summed E-state index contributed by atoms with van der Waals surface area (Å²) in [6.07, 6.45) is 8.11. The highest BCUT2D eigenvalue weighted by Crippen LogP contribution is 2.36. The number of nitrogens with one attached hydrogen (secondary N) is 1. The van der Waals surface area contributed by atoms with Gasteiger partial charge in [-0.3, -0.25) is 19.3 Å². The summed E-state index contributed by atoms with van der Waals surface area (Å²) >= 11 is 15.5. The molecule has 0 fully saturated rings. The number of hydrogen-bond donors (Lipinski definition) is 1. The van der Waals surface area contributed by atoms with E-state index in [4.69, 9.17) is 32.7 Å². The van der Waals surface area contributed by atoms with Gasteiger partial charge in [-0.05, 0) is 82.6 Å². The number of carbonyl (C=O) groups excluding carboxylic acids is 3. The highest BCUT2D eigenvalue weighted by molar-refractivity contribution is 14.1. The van der Waals surface area contributed by atoms with Crippen LogP contribution in [0, 0.1) is 3.57 Å². The lowest BCUT2D eigenvalue weighted by atomic mass is 9.99. The first kappa shape index (κ1) is 39.6. The van der Waals surface area contributed by atoms with Gasteiger partial charge in [-0.25, -0.2) is 0 Å². The zero-order valence-electron chi connectivity index (χ0n) is 28.7. The van der Waals surface area contributed by atoms with Crippen molar-refractivity contribution in [2.75, 3.05) is 12.9 Å². The first-order chi connectivity index (χ1) is 25.6. The number of carbonyl (C=O) groups is 3. The molecule has 4 aromatic rings. The maximum Gasteiger partial charge on any atom is 0.285 e. The lowest BCUT2D eigenvalue weighted by Gasteiger charge is -2.28. The second-order valence-electron chi connectivity index (χ2n) is 11.4. The predicted molar refractivity (Wildman–Crippen MR) is 222 cm³/mol. The summed E-state index contributed by atoms with van der Waals surface area (Å²) in [4.78, 5) is 46.8. The van der Waals surface area contributed by atoms with E-state index in [9.17, 15) is 14.4 Å². The number of thioether (sulfide) groups is 1. The van der Waals surface area contributed by atoms with Gasteiger partial charge < -0.3 is 14.8 Å². The Labute approximate surface area is 336 Å². The minimum absolute atomic E-state index is 0.0712. The fraction of sp³-hybridized carbons (Fsp3) is 0.122. The second kappa shape index (κ2) is 18.9. The molecule has 1 N–H and O–H groups in total. The van der Waals surface area contributed by atoms with Crippen molar-refractivity contribution in [3.05, 3.63) is 169 Å². The van der Waals surface area contributed by atoms with Crippen LogP contribution in [-0.4, -0.2) is 40.7 Å². The first-order valence-electron chi connectivity index (χ1n) is 16.2. The molecule has 8 nitrogen and oxygen atoms in total. The quantitative estimate of drug-likeness (QED) is 0.0623. The number of benzene rings is 4. The molecule has 12 heteroatoms. The molecule has 53 heavy (non-hydrogen) atoms. The number of halogens is 3. The Kier molecular flexibility index (Phi) is 14.1. The van der Waals surface area contributed by atoms with Crippen LogP contribution in [0.25, 0.3) is 6.08 Å². The van der Waals surface area contributed by atoms with Gasteiger partial charge in [0, 0.05) is 21.3 Å². The molecular formula is C41H34Cl2IN3O5S. The van der Waals surface area contributed by atoms with Crippen LogP contribution >= 0.6 is 57.6 Å². The molecule has 5 rings (SSSR count). The summed E-state index contributed by atoms with van der Waals surface area (Å²) in [7, 11) is 1.50. The third-order valence-electron chi connectivity index (χ3n) is 7.86. The van der Waals surface area contributed by atoms with E-state index in [2.05, 4.69) is 39.5 Å². The Morgan fingerprint density at radius 3 is 2.30 bits per heavy atom. The molecule has 0 aromatic heterocycles. The number of nitrogens with zero attached hydrogens (tertiary/aromatic N) is 2. The minimum atomic E-state index is -0.740. The molecule has 0 spiro atoms. The molecule has 3 amide bonds. The summed E-state index contributed by atoms with van der Waals surface area (Å²) in [5, 5.41) is 4.16. The molecule has 0 bridgehead atoms. The number of hydrogen-bond acceptors (Lipinski definition) is 6. The summed E-state index contributed by atoms with van der Waals surface area (Å²) in [6.45, 7) is 5.65. The Balaban J connectivity index is 1.41. The van der Waals surface area contributed by atoms with Crippen LogP contribution in [0.15, 0.2) is 138 Å². The number of aliphatic imine (C=N–C) groups is 1. The molecule has 0 atom stereocenters. The van der Waals surface area contributed by atoms with Crippen LogP contribution in [0.4, 0.5) is 0 Å². The highest BCUT2D eigenvalue weighted by Gasteiger charge is 2.35. The van der Waals surface area contributed by atoms with Gasteiger partial charge in [0.25, 0.3) is 11.8 Å². The van der Waals surface area contributed by atoms with Crippen LogP contribution in [0.2, 0.25) is 10.0 Å². The summed E-state index contributed by atoms with van der Waals surface area (Å²) in [6, 6.07) is 27.5. The van der Waals surface area contributed by atoms with Gasteiger partial charge in [0.15, 0.2) is 16.7 Å². The smallest absolute Gasteiger partial charge is 0.285 e. The van der Waals surface area contributed by atoms with Crippen LogP contribution in [0.1, 0.15) is 35.2 Å². The average molecular weight is 879 g/mol. The number of amides is 3. The SMILES string of the molecule is C=C/C=C\C(=C/C)N1C(=O)/C(=C/c2cc(I)c(OCc3ccc(Cl)cc3Cl)c(OC)c2)C(=O)N=C1SCC(=O)NC(c1ccccc1)c1ccccc1. The van der Waals surface area contributed by atoms with E-state index < -0.39 is 17.9 Å². The number of ether oxygens (including phenoxy) is 2. The fourth-order valence-corrected chi connectivity index (χ4v) is 7.36. The van der Waals surface area contributed by atoms with Gasteiger partial charge in [0.05, 0.1) is 22.5 Å². The van der Waals surface area contributed by atoms with Crippen molar-refractivity contribution < 1.29 is 23.9 Å². The summed E-state index contributed by atoms with van der Waals surface area (Å²) < 4.78 is 12.4. The molecule has 0 radical (unpaired) electrons. The van der Waals surface area contributed by atoms with Crippen LogP contribution in [-0.2, 0) is 21.0 Å². The molecule has 270 valence electrons. The Bertz CT molecular complexity index is 2100. The molecule has 1 aliphatic heterocycles. The molecule has 0 saturated heterocycles. The normalized spacial score (nSPS) is 14.2. The van der Waals surface area contributed by atoms with E-state index in [0.717, 1.165) is 28.5 Å². The molecule has 1 heterocycles. The maximum absolute atomic E-state index is 14.2. The third-order valence-corrected chi connectivity index (χ3v) is 10.2. The number of methoxy groups -OCH3 is 1. The lowest BCUT2D eigenvalue weighted by molar-refractivity contribution is -0.126. The Morgan fingerprint density at radius 2 is 1.70 bits per heavy atom. The first-order valence-corrected chi connectivity index (χ1v) is 19.1. The summed E-state index contributed by atoms with van der Waals surface area (Å²) in [5.74, 6) is -0.900. The van der Waals surface area contributed by atoms with E-state index in [0.29, 0.717) is 36.4 Å². The topological polar surface area (TPSA) is 97.3 Å². The van der Waals surface area contributed by atoms with Crippen molar-refractivity contribution >= 4 is 86.5 Å². The average Bonchev–Trinajstić information content (AvgIpc) is 3.16. The van der Waals surface area contributed by atoms with Gasteiger partial charge >= 0.3 is 0 Å². The molecule has 0 unspecified atom stereocenters. The van der Waals surface area contributed by atoms with Crippen molar-refractivity contribution in [1.82, 2.24) is 10.2 Å². The Hall–Kier alpha value is -4.62. The predicted octanol–water partition coefficient (Wildman–Crippen LogP) is 9.58. The van der Waals surface area contributed by atoms with Gasteiger partial charge in [-0.2, -0.15) is 4.99 Å². The van der Waals surface area contributed by atoms with Gasteiger partial charge in [0.2, 0.25) is 5.91 Å². The maximum atomic E-state index is 14.2. The van der Waals surface area contributed by atoms with Gasteiger partial charge in [0.1, 0.15) is 12.2 Å². The molecular weight excluding hydrogens is 844 g/mol. The van der Waals surface area contributed by atoms with Crippen LogP contribution in [0.5, 0.6) is 11.5 Å². The van der Waals surface area contributed by atoms with E-state index >= 15 is 0 Å². The number of allylic oxidation sites excluding steroid dienone is 4. The van der Waals surface area contributed by atoms with Crippen molar-refractivity contribution in [1.29, 1.82) is 0 Å². The highest BCUT2D eigenvalue weighted by atomic mass is 127. The van der Waals surface area contributed by atoms with E-state index in [-0.39, 0.29) is 29.0 Å². The minimum Gasteiger partial charge on any atom is -0.493 e. The van der Waals surface area contributed by atoms with Gasteiger partial charge in [-0.1, -0.05) is 127 Å². The molecule has 4 aromatic carbocycles. The third kappa shape index (κ3) is 10.1. The standard InChI is InChI=1S/C41H34Cl2IN3O5S/c1-4-6-17-31(5-2)47-40(50)32(20-26-21-34(44)38(35(22-26)51-3)52-24-29-18-19-30(42)23-33(29)43)39(49)46-41(47)53-25-36(48)45-37(27-13-9-7-10-14-27)28-15-11-8-12-16-28/h4-23,37H,1,24-25H2,2-3H3,(H,45,48)/b17-6-,31-5+,32-20+. The molecule has 0 saturated carbocycles. The monoisotopic (exact) mass is 877 g/mol. The number of amidine groups is 1. The van der Waals surface area contributed by atoms with Gasteiger partial charge in [-0.15, -0.1) is 0 Å². The van der Waals surface area contributed by atoms with Crippen molar-refractivity contribution in [2.45, 2.75) is 19.6 Å². The lowest BCUT2D eigenvalue weighted by Crippen LogP contribution is -2.42. The van der Waals surface area contributed by atoms with Crippen LogP contribution < -0.4 is 14.8 Å². The van der Waals surface area contributed by atoms with Crippen molar-refractivity contribution in [3.63, 3.8) is 0 Å². The Morgan fingerprint density at radius 1 is 1.02 bits per heavy atom. The second-order valence-corrected chi connectivity index (χ2v) is 14.3. The largest absolute Gasteiger partial charge is 0.493 e. The van der Waals surface area contributed by atoms with E-state index in [1.54, 1.807) is 61.6 Å². The zero-order chi connectivity index (χ0) is 37.9. The molecule has 0 aliphatic carbocycles. The number of rotatable bonds is 13. The molecule has 1 aliphatic rings. The van der Waals surface area contributed by atoms with E-state index in [1.165, 1.54) is 18.1 Å². The zero-order valence-corrected chi connectivity index (χ0v) is 33.2. The van der Waals surface area contributed by atoms with Crippen molar-refractivity contribution in [2.24, 2.45) is 4.99 Å². The van der Waals surface area contributed by atoms with Crippen molar-refractivity contribution in [3.8, 4) is 11.5 Å². The van der Waals surface area contributed by atoms with Crippen LogP contribution in [0.3, 0.4) is 0 Å². The van der Waals surface area contributed by atoms with E-state index in [1.807, 2.05) is 60.7 Å². The fourth-order valence-electron chi connectivity index (χ4n) is 5.31. The summed E-state index contributed by atoms with van der Waals surface area (Å²) in [5.41, 5.74) is 3.36.